The van der Waals surface area contributed by atoms with Gasteiger partial charge in [-0.1, -0.05) is 94.3 Å². The average Bonchev–Trinajstić information content (AvgIpc) is 3.38. The van der Waals surface area contributed by atoms with Gasteiger partial charge in [0.15, 0.2) is 5.11 Å². The van der Waals surface area contributed by atoms with Crippen molar-refractivity contribution in [2.24, 2.45) is 0 Å². The van der Waals surface area contributed by atoms with Crippen molar-refractivity contribution >= 4 is 68.4 Å². The molecule has 0 radical (unpaired) electrons. The van der Waals surface area contributed by atoms with Crippen molar-refractivity contribution in [2.45, 2.75) is 6.92 Å². The summed E-state index contributed by atoms with van der Waals surface area (Å²) in [5, 5.41) is 3.20. The van der Waals surface area contributed by atoms with Crippen LogP contribution in [-0.2, 0) is 9.59 Å². The third-order valence-corrected chi connectivity index (χ3v) is 8.34. The molecule has 4 aromatic carbocycles. The largest absolute Gasteiger partial charge is 0.309 e. The molecule has 2 heterocycles. The molecular weight excluding hydrogens is 630 g/mol. The highest BCUT2D eigenvalue weighted by Crippen LogP contribution is 2.38. The number of rotatable bonds is 5. The lowest BCUT2D eigenvalue weighted by Gasteiger charge is -2.30. The lowest BCUT2D eigenvalue weighted by Crippen LogP contribution is -2.54. The molecule has 2 amide bonds. The molecule has 5 aromatic rings. The lowest BCUT2D eigenvalue weighted by atomic mass is 10.0. The molecule has 1 aliphatic rings. The number of amides is 2. The van der Waals surface area contributed by atoms with Crippen LogP contribution in [0.4, 0.5) is 5.69 Å². The van der Waals surface area contributed by atoms with Crippen LogP contribution in [0.1, 0.15) is 11.1 Å². The summed E-state index contributed by atoms with van der Waals surface area (Å²) in [4.78, 5) is 28.6. The SMILES string of the molecule is Cc1c(Cl)cccc1N1C(=O)/C(=C/c2cc(-c3ccccc3)n(-c3ccc(Br)cc3)c2-c2ccccc2)C(=O)NC1=S. The summed E-state index contributed by atoms with van der Waals surface area (Å²) in [5.41, 5.74) is 6.46. The monoisotopic (exact) mass is 651 g/mol. The van der Waals surface area contributed by atoms with Gasteiger partial charge in [0.2, 0.25) is 0 Å². The molecule has 1 N–H and O–H groups in total. The van der Waals surface area contributed by atoms with Crippen LogP contribution >= 0.6 is 39.7 Å². The van der Waals surface area contributed by atoms with Gasteiger partial charge in [-0.15, -0.1) is 0 Å². The highest BCUT2D eigenvalue weighted by molar-refractivity contribution is 9.10. The first-order chi connectivity index (χ1) is 20.3. The zero-order chi connectivity index (χ0) is 29.4. The highest BCUT2D eigenvalue weighted by atomic mass is 79.9. The van der Waals surface area contributed by atoms with Gasteiger partial charge in [-0.25, -0.2) is 0 Å². The Morgan fingerprint density at radius 1 is 0.833 bits per heavy atom. The van der Waals surface area contributed by atoms with Crippen LogP contribution in [0.5, 0.6) is 0 Å². The Kier molecular flexibility index (Phi) is 7.64. The second-order valence-electron chi connectivity index (χ2n) is 9.72. The summed E-state index contributed by atoms with van der Waals surface area (Å²) < 4.78 is 3.11. The molecule has 0 unspecified atom stereocenters. The molecule has 0 aliphatic carbocycles. The number of aromatic nitrogens is 1. The molecule has 0 spiro atoms. The van der Waals surface area contributed by atoms with Crippen LogP contribution in [0.25, 0.3) is 34.3 Å². The fraction of sp³-hybridized carbons (Fsp3) is 0.0294. The molecule has 8 heteroatoms. The molecule has 1 aromatic heterocycles. The van der Waals surface area contributed by atoms with E-state index in [4.69, 9.17) is 23.8 Å². The van der Waals surface area contributed by atoms with Gasteiger partial charge in [0.25, 0.3) is 11.8 Å². The van der Waals surface area contributed by atoms with Gasteiger partial charge >= 0.3 is 0 Å². The molecule has 6 rings (SSSR count). The van der Waals surface area contributed by atoms with Crippen molar-refractivity contribution < 1.29 is 9.59 Å². The maximum absolute atomic E-state index is 14.0. The number of benzene rings is 4. The van der Waals surface area contributed by atoms with E-state index >= 15 is 0 Å². The third-order valence-electron chi connectivity index (χ3n) is 7.11. The van der Waals surface area contributed by atoms with Crippen LogP contribution in [0, 0.1) is 6.92 Å². The number of hydrogen-bond donors (Lipinski definition) is 1. The van der Waals surface area contributed by atoms with E-state index in [-0.39, 0.29) is 10.7 Å². The first-order valence-corrected chi connectivity index (χ1v) is 14.7. The van der Waals surface area contributed by atoms with E-state index in [0.29, 0.717) is 21.8 Å². The van der Waals surface area contributed by atoms with Crippen molar-refractivity contribution in [1.29, 1.82) is 0 Å². The molecule has 42 heavy (non-hydrogen) atoms. The Hall–Kier alpha value is -4.30. The molecule has 0 saturated carbocycles. The van der Waals surface area contributed by atoms with Crippen LogP contribution in [0.3, 0.4) is 0 Å². The highest BCUT2D eigenvalue weighted by Gasteiger charge is 2.36. The van der Waals surface area contributed by atoms with E-state index in [0.717, 1.165) is 32.7 Å². The predicted molar refractivity (Wildman–Crippen MR) is 177 cm³/mol. The van der Waals surface area contributed by atoms with Gasteiger partial charge in [0.1, 0.15) is 5.57 Å². The van der Waals surface area contributed by atoms with Crippen LogP contribution in [0.2, 0.25) is 5.02 Å². The molecule has 0 atom stereocenters. The van der Waals surface area contributed by atoms with Gasteiger partial charge in [0.05, 0.1) is 17.1 Å². The molecule has 5 nitrogen and oxygen atoms in total. The van der Waals surface area contributed by atoms with E-state index in [9.17, 15) is 9.59 Å². The fourth-order valence-electron chi connectivity index (χ4n) is 5.08. The number of thiocarbonyl (C=S) groups is 1. The van der Waals surface area contributed by atoms with Crippen molar-refractivity contribution in [2.75, 3.05) is 4.90 Å². The Labute approximate surface area is 262 Å². The zero-order valence-electron chi connectivity index (χ0n) is 22.3. The van der Waals surface area contributed by atoms with Crippen LogP contribution < -0.4 is 10.2 Å². The first kappa shape index (κ1) is 27.8. The maximum Gasteiger partial charge on any atom is 0.270 e. The second-order valence-corrected chi connectivity index (χ2v) is 11.4. The summed E-state index contributed by atoms with van der Waals surface area (Å²) in [6.45, 7) is 1.81. The van der Waals surface area contributed by atoms with E-state index in [2.05, 4.69) is 25.8 Å². The number of carbonyl (C=O) groups excluding carboxylic acids is 2. The standard InChI is InChI=1S/C34H23BrClN3O2S/c1-21-28(36)13-8-14-29(21)39-33(41)27(32(40)37-34(39)42)19-24-20-30(22-9-4-2-5-10-22)38(26-17-15-25(35)16-18-26)31(24)23-11-6-3-7-12-23/h2-20H,1H3,(H,37,40,42)/b27-19+. The predicted octanol–water partition coefficient (Wildman–Crippen LogP) is 8.37. The molecular formula is C34H23BrClN3O2S. The quantitative estimate of drug-likeness (QED) is 0.118. The van der Waals surface area contributed by atoms with Crippen molar-refractivity contribution in [3.63, 3.8) is 0 Å². The molecule has 1 aliphatic heterocycles. The normalized spacial score (nSPS) is 14.4. The van der Waals surface area contributed by atoms with Gasteiger partial charge < -0.3 is 4.57 Å². The van der Waals surface area contributed by atoms with Crippen molar-refractivity contribution in [1.82, 2.24) is 9.88 Å². The Morgan fingerprint density at radius 3 is 2.14 bits per heavy atom. The Bertz CT molecular complexity index is 1880. The minimum absolute atomic E-state index is 0.00760. The maximum atomic E-state index is 14.0. The van der Waals surface area contributed by atoms with Gasteiger partial charge in [0, 0.05) is 20.7 Å². The Morgan fingerprint density at radius 2 is 1.48 bits per heavy atom. The van der Waals surface area contributed by atoms with E-state index in [1.165, 1.54) is 4.90 Å². The summed E-state index contributed by atoms with van der Waals surface area (Å²) in [6.07, 6.45) is 1.65. The second kappa shape index (κ2) is 11.5. The molecule has 1 fully saturated rings. The summed E-state index contributed by atoms with van der Waals surface area (Å²) in [7, 11) is 0. The molecule has 0 bridgehead atoms. The third kappa shape index (κ3) is 5.11. The number of nitrogens with one attached hydrogen (secondary N) is 1. The smallest absolute Gasteiger partial charge is 0.270 e. The van der Waals surface area contributed by atoms with Crippen LogP contribution in [0.15, 0.2) is 119 Å². The minimum atomic E-state index is -0.558. The fourth-order valence-corrected chi connectivity index (χ4v) is 5.79. The van der Waals surface area contributed by atoms with E-state index < -0.39 is 11.8 Å². The zero-order valence-corrected chi connectivity index (χ0v) is 25.5. The number of nitrogens with zero attached hydrogens (tertiary/aromatic N) is 2. The Balaban J connectivity index is 1.60. The van der Waals surface area contributed by atoms with Gasteiger partial charge in [-0.3, -0.25) is 19.8 Å². The number of anilines is 1. The summed E-state index contributed by atoms with van der Waals surface area (Å²) in [5.74, 6) is -1.08. The van der Waals surface area contributed by atoms with Crippen LogP contribution in [-0.4, -0.2) is 21.5 Å². The first-order valence-electron chi connectivity index (χ1n) is 13.1. The summed E-state index contributed by atoms with van der Waals surface area (Å²) >= 11 is 15.4. The van der Waals surface area contributed by atoms with E-state index in [1.807, 2.05) is 97.9 Å². The molecule has 1 saturated heterocycles. The van der Waals surface area contributed by atoms with Crippen molar-refractivity contribution in [3.8, 4) is 28.2 Å². The molecule has 206 valence electrons. The van der Waals surface area contributed by atoms with Gasteiger partial charge in [-0.05, 0) is 84.4 Å². The summed E-state index contributed by atoms with van der Waals surface area (Å²) in [6, 6.07) is 35.2. The number of carbonyl (C=O) groups is 2. The minimum Gasteiger partial charge on any atom is -0.309 e. The number of hydrogen-bond acceptors (Lipinski definition) is 3. The lowest BCUT2D eigenvalue weighted by molar-refractivity contribution is -0.122. The number of halogens is 2. The van der Waals surface area contributed by atoms with Crippen molar-refractivity contribution in [3.05, 3.63) is 135 Å². The van der Waals surface area contributed by atoms with Gasteiger partial charge in [-0.2, -0.15) is 0 Å². The average molecular weight is 653 g/mol. The van der Waals surface area contributed by atoms with E-state index in [1.54, 1.807) is 24.3 Å². The topological polar surface area (TPSA) is 54.3 Å².